The summed E-state index contributed by atoms with van der Waals surface area (Å²) in [6.45, 7) is 0.214. The van der Waals surface area contributed by atoms with Crippen molar-refractivity contribution in [3.05, 3.63) is 87.0 Å². The summed E-state index contributed by atoms with van der Waals surface area (Å²) in [7, 11) is 0. The van der Waals surface area contributed by atoms with Crippen LogP contribution in [0.4, 0.5) is 0 Å². The molecular formula is C21H16ClN3O2S. The first-order valence-electron chi connectivity index (χ1n) is 8.67. The van der Waals surface area contributed by atoms with Gasteiger partial charge in [-0.25, -0.2) is 4.68 Å². The van der Waals surface area contributed by atoms with Crippen LogP contribution in [0.1, 0.15) is 5.56 Å². The van der Waals surface area contributed by atoms with Gasteiger partial charge in [-0.3, -0.25) is 9.59 Å². The summed E-state index contributed by atoms with van der Waals surface area (Å²) in [5.41, 5.74) is 1.35. The van der Waals surface area contributed by atoms with Crippen LogP contribution in [0.5, 0.6) is 0 Å². The number of hydrogen-bond donors (Lipinski definition) is 1. The summed E-state index contributed by atoms with van der Waals surface area (Å²) in [5.74, 6) is -0.281. The minimum absolute atomic E-state index is 0.143. The molecule has 2 aromatic carbocycles. The zero-order valence-corrected chi connectivity index (χ0v) is 16.3. The third-order valence-electron chi connectivity index (χ3n) is 4.32. The molecule has 0 fully saturated rings. The number of benzene rings is 2. The van der Waals surface area contributed by atoms with Crippen LogP contribution >= 0.6 is 22.9 Å². The topological polar surface area (TPSA) is 64.0 Å². The molecule has 0 atom stereocenters. The second-order valence-electron chi connectivity index (χ2n) is 6.24. The van der Waals surface area contributed by atoms with E-state index in [1.165, 1.54) is 4.68 Å². The van der Waals surface area contributed by atoms with Gasteiger partial charge in [-0.1, -0.05) is 48.0 Å². The van der Waals surface area contributed by atoms with Crippen LogP contribution in [0, 0.1) is 0 Å². The predicted octanol–water partition coefficient (Wildman–Crippen LogP) is 4.09. The summed E-state index contributed by atoms with van der Waals surface area (Å²) in [6.07, 6.45) is 0. The monoisotopic (exact) mass is 409 g/mol. The fourth-order valence-corrected chi connectivity index (χ4v) is 3.78. The zero-order chi connectivity index (χ0) is 19.5. The van der Waals surface area contributed by atoms with E-state index >= 15 is 0 Å². The second kappa shape index (κ2) is 7.96. The molecule has 0 radical (unpaired) electrons. The van der Waals surface area contributed by atoms with Crippen molar-refractivity contribution in [2.24, 2.45) is 0 Å². The molecule has 1 N–H and O–H groups in total. The van der Waals surface area contributed by atoms with Gasteiger partial charge in [-0.15, -0.1) is 11.3 Å². The molecule has 0 unspecified atom stereocenters. The minimum Gasteiger partial charge on any atom is -0.350 e. The van der Waals surface area contributed by atoms with E-state index in [2.05, 4.69) is 10.4 Å². The van der Waals surface area contributed by atoms with Crippen molar-refractivity contribution in [3.8, 4) is 10.6 Å². The summed E-state index contributed by atoms with van der Waals surface area (Å²) < 4.78 is 1.23. The summed E-state index contributed by atoms with van der Waals surface area (Å²) in [5, 5.41) is 11.2. The van der Waals surface area contributed by atoms with Crippen LogP contribution in [0.2, 0.25) is 5.02 Å². The van der Waals surface area contributed by atoms with Gasteiger partial charge in [0, 0.05) is 17.0 Å². The molecule has 4 aromatic rings. The second-order valence-corrected chi connectivity index (χ2v) is 7.62. The van der Waals surface area contributed by atoms with Crippen molar-refractivity contribution in [3.63, 3.8) is 0 Å². The van der Waals surface area contributed by atoms with Crippen molar-refractivity contribution in [1.82, 2.24) is 15.1 Å². The third-order valence-corrected chi connectivity index (χ3v) is 5.45. The Hall–Kier alpha value is -2.96. The fourth-order valence-electron chi connectivity index (χ4n) is 2.93. The average molecular weight is 410 g/mol. The standard InChI is InChI=1S/C21H16ClN3O2S/c22-15-9-7-14(8-10-15)12-23-19(26)13-25-21(27)17-5-2-1-4-16(17)20(24-25)18-6-3-11-28-18/h1-11H,12-13H2,(H,23,26). The van der Waals surface area contributed by atoms with E-state index in [1.807, 2.05) is 47.8 Å². The quantitative estimate of drug-likeness (QED) is 0.539. The largest absolute Gasteiger partial charge is 0.350 e. The van der Waals surface area contributed by atoms with Gasteiger partial charge in [0.2, 0.25) is 5.91 Å². The highest BCUT2D eigenvalue weighted by Crippen LogP contribution is 2.28. The number of nitrogens with zero attached hydrogens (tertiary/aromatic N) is 2. The number of carbonyl (C=O) groups is 1. The molecule has 4 rings (SSSR count). The predicted molar refractivity (Wildman–Crippen MR) is 113 cm³/mol. The van der Waals surface area contributed by atoms with Crippen LogP contribution in [0.25, 0.3) is 21.3 Å². The maximum Gasteiger partial charge on any atom is 0.275 e. The van der Waals surface area contributed by atoms with Crippen molar-refractivity contribution < 1.29 is 4.79 Å². The number of thiophene rings is 1. The number of rotatable bonds is 5. The molecule has 0 bridgehead atoms. The molecular weight excluding hydrogens is 394 g/mol. The summed E-state index contributed by atoms with van der Waals surface area (Å²) >= 11 is 7.41. The number of fused-ring (bicyclic) bond motifs is 1. The van der Waals surface area contributed by atoms with Gasteiger partial charge < -0.3 is 5.32 Å². The molecule has 28 heavy (non-hydrogen) atoms. The molecule has 0 spiro atoms. The summed E-state index contributed by atoms with van der Waals surface area (Å²) in [4.78, 5) is 26.2. The first kappa shape index (κ1) is 18.4. The van der Waals surface area contributed by atoms with E-state index in [1.54, 1.807) is 29.5 Å². The molecule has 0 saturated heterocycles. The van der Waals surface area contributed by atoms with Gasteiger partial charge in [0.25, 0.3) is 5.56 Å². The lowest BCUT2D eigenvalue weighted by Crippen LogP contribution is -2.33. The van der Waals surface area contributed by atoms with Crippen LogP contribution < -0.4 is 10.9 Å². The molecule has 1 amide bonds. The van der Waals surface area contributed by atoms with E-state index in [0.29, 0.717) is 22.6 Å². The Morgan fingerprint density at radius 2 is 1.79 bits per heavy atom. The lowest BCUT2D eigenvalue weighted by Gasteiger charge is -2.11. The van der Waals surface area contributed by atoms with Gasteiger partial charge in [0.05, 0.1) is 10.3 Å². The highest BCUT2D eigenvalue weighted by atomic mass is 35.5. The van der Waals surface area contributed by atoms with Crippen LogP contribution in [0.15, 0.2) is 70.8 Å². The highest BCUT2D eigenvalue weighted by Gasteiger charge is 2.14. The fraction of sp³-hybridized carbons (Fsp3) is 0.0952. The zero-order valence-electron chi connectivity index (χ0n) is 14.8. The number of halogens is 1. The van der Waals surface area contributed by atoms with E-state index in [4.69, 9.17) is 11.6 Å². The number of amides is 1. The smallest absolute Gasteiger partial charge is 0.275 e. The van der Waals surface area contributed by atoms with Gasteiger partial charge in [-0.2, -0.15) is 5.10 Å². The third kappa shape index (κ3) is 3.83. The lowest BCUT2D eigenvalue weighted by molar-refractivity contribution is -0.122. The van der Waals surface area contributed by atoms with Crippen molar-refractivity contribution >= 4 is 39.6 Å². The molecule has 0 aliphatic heterocycles. The molecule has 0 saturated carbocycles. The number of carbonyl (C=O) groups excluding carboxylic acids is 1. The molecule has 0 aliphatic carbocycles. The minimum atomic E-state index is -0.281. The van der Waals surface area contributed by atoms with Crippen molar-refractivity contribution in [2.45, 2.75) is 13.1 Å². The first-order valence-corrected chi connectivity index (χ1v) is 9.92. The van der Waals surface area contributed by atoms with Crippen LogP contribution in [0.3, 0.4) is 0 Å². The van der Waals surface area contributed by atoms with E-state index < -0.39 is 0 Å². The number of hydrogen-bond acceptors (Lipinski definition) is 4. The Morgan fingerprint density at radius 3 is 2.50 bits per heavy atom. The van der Waals surface area contributed by atoms with Gasteiger partial charge >= 0.3 is 0 Å². The first-order chi connectivity index (χ1) is 13.6. The van der Waals surface area contributed by atoms with E-state index in [9.17, 15) is 9.59 Å². The van der Waals surface area contributed by atoms with Crippen LogP contribution in [-0.2, 0) is 17.9 Å². The van der Waals surface area contributed by atoms with Gasteiger partial charge in [0.1, 0.15) is 12.2 Å². The molecule has 2 heterocycles. The molecule has 7 heteroatoms. The van der Waals surface area contributed by atoms with Crippen molar-refractivity contribution in [2.75, 3.05) is 0 Å². The Kier molecular flexibility index (Phi) is 5.23. The maximum absolute atomic E-state index is 12.8. The Labute approximate surface area is 170 Å². The maximum atomic E-state index is 12.8. The highest BCUT2D eigenvalue weighted by molar-refractivity contribution is 7.13. The average Bonchev–Trinajstić information content (AvgIpc) is 3.24. The number of nitrogens with one attached hydrogen (secondary N) is 1. The molecule has 140 valence electrons. The number of aromatic nitrogens is 2. The van der Waals surface area contributed by atoms with Crippen molar-refractivity contribution in [1.29, 1.82) is 0 Å². The molecule has 0 aliphatic rings. The van der Waals surface area contributed by atoms with Gasteiger partial charge in [0.15, 0.2) is 0 Å². The Morgan fingerprint density at radius 1 is 1.04 bits per heavy atom. The van der Waals surface area contributed by atoms with Gasteiger partial charge in [-0.05, 0) is 35.2 Å². The van der Waals surface area contributed by atoms with E-state index in [-0.39, 0.29) is 18.0 Å². The van der Waals surface area contributed by atoms with E-state index in [0.717, 1.165) is 15.8 Å². The summed E-state index contributed by atoms with van der Waals surface area (Å²) in [6, 6.07) is 18.5. The SMILES string of the molecule is O=C(Cn1nc(-c2cccs2)c2ccccc2c1=O)NCc1ccc(Cl)cc1. The Bertz CT molecular complexity index is 1180. The Balaban J connectivity index is 1.61. The van der Waals surface area contributed by atoms with Crippen LogP contribution in [-0.4, -0.2) is 15.7 Å². The molecule has 2 aromatic heterocycles. The lowest BCUT2D eigenvalue weighted by atomic mass is 10.1. The normalized spacial score (nSPS) is 10.9. The molecule has 5 nitrogen and oxygen atoms in total.